The molecule has 19 heavy (non-hydrogen) atoms. The van der Waals surface area contributed by atoms with Gasteiger partial charge in [-0.1, -0.05) is 30.3 Å². The first-order chi connectivity index (χ1) is 9.22. The van der Waals surface area contributed by atoms with Crippen LogP contribution in [0.1, 0.15) is 12.5 Å². The molecule has 0 aliphatic rings. The molecule has 0 fully saturated rings. The number of rotatable bonds is 5. The summed E-state index contributed by atoms with van der Waals surface area (Å²) < 4.78 is 0. The van der Waals surface area contributed by atoms with Crippen LogP contribution < -0.4 is 16.0 Å². The molecule has 0 radical (unpaired) electrons. The van der Waals surface area contributed by atoms with Crippen molar-refractivity contribution in [1.29, 1.82) is 0 Å². The Bertz CT molecular complexity index is 527. The number of benzene rings is 1. The lowest BCUT2D eigenvalue weighted by molar-refractivity contribution is 0.812. The van der Waals surface area contributed by atoms with E-state index in [0.29, 0.717) is 0 Å². The normalized spacial score (nSPS) is 10.2. The van der Waals surface area contributed by atoms with Crippen LogP contribution in [0.4, 0.5) is 17.6 Å². The SMILES string of the molecule is CCN(Cc1ccccc1)c1cc(NC)nc(N)n1. The third-order valence-electron chi connectivity index (χ3n) is 2.91. The van der Waals surface area contributed by atoms with Crippen LogP contribution in [-0.4, -0.2) is 23.6 Å². The van der Waals surface area contributed by atoms with Gasteiger partial charge in [-0.3, -0.25) is 0 Å². The van der Waals surface area contributed by atoms with Crippen molar-refractivity contribution in [1.82, 2.24) is 9.97 Å². The first-order valence-corrected chi connectivity index (χ1v) is 6.34. The highest BCUT2D eigenvalue weighted by molar-refractivity contribution is 5.52. The first kappa shape index (κ1) is 13.1. The van der Waals surface area contributed by atoms with E-state index in [4.69, 9.17) is 5.73 Å². The Labute approximate surface area is 113 Å². The number of nitrogen functional groups attached to an aromatic ring is 1. The van der Waals surface area contributed by atoms with E-state index in [-0.39, 0.29) is 5.95 Å². The van der Waals surface area contributed by atoms with Crippen LogP contribution in [0.5, 0.6) is 0 Å². The fraction of sp³-hybridized carbons (Fsp3) is 0.286. The Kier molecular flexibility index (Phi) is 4.18. The van der Waals surface area contributed by atoms with E-state index in [0.717, 1.165) is 24.7 Å². The summed E-state index contributed by atoms with van der Waals surface area (Å²) in [6, 6.07) is 12.2. The number of hydrogen-bond acceptors (Lipinski definition) is 5. The summed E-state index contributed by atoms with van der Waals surface area (Å²) in [5.74, 6) is 1.85. The molecule has 2 rings (SSSR count). The van der Waals surface area contributed by atoms with E-state index in [1.165, 1.54) is 5.56 Å². The van der Waals surface area contributed by atoms with Gasteiger partial charge in [-0.15, -0.1) is 0 Å². The van der Waals surface area contributed by atoms with Crippen molar-refractivity contribution >= 4 is 17.6 Å². The maximum absolute atomic E-state index is 5.73. The molecule has 1 heterocycles. The molecule has 5 nitrogen and oxygen atoms in total. The molecule has 0 amide bonds. The predicted molar refractivity (Wildman–Crippen MR) is 79.2 cm³/mol. The molecule has 0 saturated heterocycles. The van der Waals surface area contributed by atoms with Crippen molar-refractivity contribution in [3.63, 3.8) is 0 Å². The highest BCUT2D eigenvalue weighted by Crippen LogP contribution is 2.18. The van der Waals surface area contributed by atoms with Crippen molar-refractivity contribution in [3.8, 4) is 0 Å². The Morgan fingerprint density at radius 1 is 1.21 bits per heavy atom. The summed E-state index contributed by atoms with van der Waals surface area (Å²) in [7, 11) is 1.82. The smallest absolute Gasteiger partial charge is 0.223 e. The van der Waals surface area contributed by atoms with Gasteiger partial charge in [-0.25, -0.2) is 0 Å². The standard InChI is InChI=1S/C14H19N5/c1-3-19(10-11-7-5-4-6-8-11)13-9-12(16-2)17-14(15)18-13/h4-9H,3,10H2,1-2H3,(H3,15,16,17,18). The average molecular weight is 257 g/mol. The molecule has 0 unspecified atom stereocenters. The topological polar surface area (TPSA) is 67.1 Å². The molecule has 0 spiro atoms. The molecule has 2 aromatic rings. The third kappa shape index (κ3) is 3.34. The van der Waals surface area contributed by atoms with Gasteiger partial charge in [0.05, 0.1) is 0 Å². The summed E-state index contributed by atoms with van der Waals surface area (Å²) in [5.41, 5.74) is 6.98. The zero-order chi connectivity index (χ0) is 13.7. The van der Waals surface area contributed by atoms with Crippen LogP contribution >= 0.6 is 0 Å². The van der Waals surface area contributed by atoms with E-state index < -0.39 is 0 Å². The molecule has 5 heteroatoms. The van der Waals surface area contributed by atoms with Crippen molar-refractivity contribution in [3.05, 3.63) is 42.0 Å². The van der Waals surface area contributed by atoms with Gasteiger partial charge in [0.25, 0.3) is 0 Å². The van der Waals surface area contributed by atoms with Gasteiger partial charge in [-0.05, 0) is 12.5 Å². The molecule has 3 N–H and O–H groups in total. The number of hydrogen-bond donors (Lipinski definition) is 2. The van der Waals surface area contributed by atoms with E-state index in [2.05, 4.69) is 39.2 Å². The van der Waals surface area contributed by atoms with Gasteiger partial charge in [0.15, 0.2) is 0 Å². The first-order valence-electron chi connectivity index (χ1n) is 6.34. The monoisotopic (exact) mass is 257 g/mol. The molecule has 0 saturated carbocycles. The maximum atomic E-state index is 5.73. The van der Waals surface area contributed by atoms with Crippen LogP contribution in [-0.2, 0) is 6.54 Å². The zero-order valence-electron chi connectivity index (χ0n) is 11.3. The van der Waals surface area contributed by atoms with E-state index >= 15 is 0 Å². The van der Waals surface area contributed by atoms with Crippen molar-refractivity contribution in [2.24, 2.45) is 0 Å². The van der Waals surface area contributed by atoms with Gasteiger partial charge >= 0.3 is 0 Å². The molecular formula is C14H19N5. The molecule has 0 atom stereocenters. The largest absolute Gasteiger partial charge is 0.373 e. The van der Waals surface area contributed by atoms with Crippen LogP contribution in [0.25, 0.3) is 0 Å². The maximum Gasteiger partial charge on any atom is 0.223 e. The highest BCUT2D eigenvalue weighted by Gasteiger charge is 2.09. The van der Waals surface area contributed by atoms with Crippen molar-refractivity contribution < 1.29 is 0 Å². The third-order valence-corrected chi connectivity index (χ3v) is 2.91. The van der Waals surface area contributed by atoms with Crippen LogP contribution in [0.15, 0.2) is 36.4 Å². The molecule has 0 bridgehead atoms. The van der Waals surface area contributed by atoms with E-state index in [9.17, 15) is 0 Å². The second-order valence-corrected chi connectivity index (χ2v) is 4.22. The predicted octanol–water partition coefficient (Wildman–Crippen LogP) is 2.13. The Morgan fingerprint density at radius 3 is 2.58 bits per heavy atom. The fourth-order valence-electron chi connectivity index (χ4n) is 1.90. The van der Waals surface area contributed by atoms with Crippen LogP contribution in [0.3, 0.4) is 0 Å². The van der Waals surface area contributed by atoms with Gasteiger partial charge in [0.2, 0.25) is 5.95 Å². The second kappa shape index (κ2) is 6.04. The minimum Gasteiger partial charge on any atom is -0.373 e. The van der Waals surface area contributed by atoms with Crippen LogP contribution in [0, 0.1) is 0 Å². The number of anilines is 3. The average Bonchev–Trinajstić information content (AvgIpc) is 2.45. The van der Waals surface area contributed by atoms with E-state index in [1.54, 1.807) is 0 Å². The van der Waals surface area contributed by atoms with Gasteiger partial charge in [0, 0.05) is 26.2 Å². The lowest BCUT2D eigenvalue weighted by Gasteiger charge is -2.22. The van der Waals surface area contributed by atoms with Gasteiger partial charge < -0.3 is 16.0 Å². The van der Waals surface area contributed by atoms with Crippen LogP contribution in [0.2, 0.25) is 0 Å². The number of nitrogens with zero attached hydrogens (tertiary/aromatic N) is 3. The highest BCUT2D eigenvalue weighted by atomic mass is 15.2. The minimum absolute atomic E-state index is 0.286. The summed E-state index contributed by atoms with van der Waals surface area (Å²) in [6.07, 6.45) is 0. The Hall–Kier alpha value is -2.30. The minimum atomic E-state index is 0.286. The summed E-state index contributed by atoms with van der Waals surface area (Å²) >= 11 is 0. The number of aromatic nitrogens is 2. The second-order valence-electron chi connectivity index (χ2n) is 4.22. The van der Waals surface area contributed by atoms with Crippen molar-refractivity contribution in [2.45, 2.75) is 13.5 Å². The lowest BCUT2D eigenvalue weighted by Crippen LogP contribution is -2.23. The molecular weight excluding hydrogens is 238 g/mol. The zero-order valence-corrected chi connectivity index (χ0v) is 11.3. The number of nitrogens with one attached hydrogen (secondary N) is 1. The molecule has 1 aromatic heterocycles. The van der Waals surface area contributed by atoms with Gasteiger partial charge in [0.1, 0.15) is 11.6 Å². The molecule has 100 valence electrons. The lowest BCUT2D eigenvalue weighted by atomic mass is 10.2. The molecule has 0 aliphatic heterocycles. The van der Waals surface area contributed by atoms with Crippen molar-refractivity contribution in [2.75, 3.05) is 29.5 Å². The Morgan fingerprint density at radius 2 is 1.95 bits per heavy atom. The summed E-state index contributed by atoms with van der Waals surface area (Å²) in [4.78, 5) is 10.6. The fourth-order valence-corrected chi connectivity index (χ4v) is 1.90. The summed E-state index contributed by atoms with van der Waals surface area (Å²) in [5, 5.41) is 2.99. The summed E-state index contributed by atoms with van der Waals surface area (Å²) in [6.45, 7) is 3.76. The Balaban J connectivity index is 2.24. The van der Waals surface area contributed by atoms with Gasteiger partial charge in [-0.2, -0.15) is 9.97 Å². The number of nitrogens with two attached hydrogens (primary N) is 1. The molecule has 1 aromatic carbocycles. The quantitative estimate of drug-likeness (QED) is 0.859. The van der Waals surface area contributed by atoms with E-state index in [1.807, 2.05) is 31.3 Å². The molecule has 0 aliphatic carbocycles.